The molecule has 0 spiro atoms. The van der Waals surface area contributed by atoms with Crippen molar-refractivity contribution in [2.24, 2.45) is 0 Å². The molecule has 1 aliphatic heterocycles. The van der Waals surface area contributed by atoms with E-state index in [4.69, 9.17) is 21.1 Å². The number of carbonyl (C=O) groups excluding carboxylic acids is 2. The van der Waals surface area contributed by atoms with Gasteiger partial charge >= 0.3 is 0 Å². The largest absolute Gasteiger partial charge is 0.454 e. The third-order valence-electron chi connectivity index (χ3n) is 4.00. The minimum atomic E-state index is -0.175. The smallest absolute Gasteiger partial charge is 0.231 e. The number of ether oxygens (including phenoxy) is 2. The third-order valence-corrected chi connectivity index (χ3v) is 4.25. The number of carbonyl (C=O) groups is 2. The van der Waals surface area contributed by atoms with Crippen LogP contribution in [0.25, 0.3) is 0 Å². The van der Waals surface area contributed by atoms with Crippen LogP contribution in [0.1, 0.15) is 18.9 Å². The Morgan fingerprint density at radius 2 is 1.85 bits per heavy atom. The molecule has 0 atom stereocenters. The zero-order chi connectivity index (χ0) is 18.5. The summed E-state index contributed by atoms with van der Waals surface area (Å²) in [6, 6.07) is 12.5. The number of hydrogen-bond donors (Lipinski definition) is 1. The maximum atomic E-state index is 12.2. The second-order valence-electron chi connectivity index (χ2n) is 5.93. The van der Waals surface area contributed by atoms with Gasteiger partial charge in [0.05, 0.1) is 0 Å². The van der Waals surface area contributed by atoms with Crippen molar-refractivity contribution in [3.8, 4) is 11.5 Å². The number of fused-ring (bicyclic) bond motifs is 1. The minimum Gasteiger partial charge on any atom is -0.454 e. The van der Waals surface area contributed by atoms with E-state index in [1.54, 1.807) is 35.2 Å². The second kappa shape index (κ2) is 8.10. The average molecular weight is 375 g/mol. The topological polar surface area (TPSA) is 67.9 Å². The standard InChI is InChI=1S/C19H19ClN2O4/c1-13(23)22(11-14-2-4-15(20)5-3-14)9-8-19(24)21-16-6-7-17-18(10-16)26-12-25-17/h2-7,10H,8-9,11-12H2,1H3,(H,21,24). The highest BCUT2D eigenvalue weighted by atomic mass is 35.5. The Bertz CT molecular complexity index is 808. The fraction of sp³-hybridized carbons (Fsp3) is 0.263. The van der Waals surface area contributed by atoms with Crippen LogP contribution in [-0.2, 0) is 16.1 Å². The van der Waals surface area contributed by atoms with Crippen LogP contribution in [0.5, 0.6) is 11.5 Å². The minimum absolute atomic E-state index is 0.0872. The van der Waals surface area contributed by atoms with Crippen LogP contribution < -0.4 is 14.8 Å². The third kappa shape index (κ3) is 4.67. The predicted octanol–water partition coefficient (Wildman–Crippen LogP) is 3.45. The van der Waals surface area contributed by atoms with E-state index in [-0.39, 0.29) is 25.0 Å². The first kappa shape index (κ1) is 18.1. The van der Waals surface area contributed by atoms with E-state index in [0.717, 1.165) is 5.56 Å². The van der Waals surface area contributed by atoms with Gasteiger partial charge in [-0.15, -0.1) is 0 Å². The number of amides is 2. The van der Waals surface area contributed by atoms with E-state index in [9.17, 15) is 9.59 Å². The highest BCUT2D eigenvalue weighted by Gasteiger charge is 2.15. The van der Waals surface area contributed by atoms with Crippen LogP contribution in [-0.4, -0.2) is 30.1 Å². The predicted molar refractivity (Wildman–Crippen MR) is 98.4 cm³/mol. The quantitative estimate of drug-likeness (QED) is 0.841. The summed E-state index contributed by atoms with van der Waals surface area (Å²) in [6.07, 6.45) is 0.196. The molecule has 6 nitrogen and oxygen atoms in total. The van der Waals surface area contributed by atoms with Gasteiger partial charge in [-0.1, -0.05) is 23.7 Å². The highest BCUT2D eigenvalue weighted by molar-refractivity contribution is 6.30. The van der Waals surface area contributed by atoms with E-state index in [1.165, 1.54) is 6.92 Å². The van der Waals surface area contributed by atoms with Gasteiger partial charge < -0.3 is 19.7 Å². The van der Waals surface area contributed by atoms with E-state index >= 15 is 0 Å². The lowest BCUT2D eigenvalue weighted by molar-refractivity contribution is -0.129. The van der Waals surface area contributed by atoms with Gasteiger partial charge in [-0.2, -0.15) is 0 Å². The van der Waals surface area contributed by atoms with Gasteiger partial charge in [0.2, 0.25) is 18.6 Å². The van der Waals surface area contributed by atoms with Crippen molar-refractivity contribution in [3.05, 3.63) is 53.1 Å². The van der Waals surface area contributed by atoms with Gasteiger partial charge in [-0.3, -0.25) is 9.59 Å². The second-order valence-corrected chi connectivity index (χ2v) is 6.37. The molecule has 26 heavy (non-hydrogen) atoms. The average Bonchev–Trinajstić information content (AvgIpc) is 3.07. The molecular weight excluding hydrogens is 356 g/mol. The fourth-order valence-electron chi connectivity index (χ4n) is 2.59. The summed E-state index contributed by atoms with van der Waals surface area (Å²) in [7, 11) is 0. The van der Waals surface area contributed by atoms with Gasteiger partial charge in [-0.05, 0) is 29.8 Å². The summed E-state index contributed by atoms with van der Waals surface area (Å²) < 4.78 is 10.5. The molecule has 1 heterocycles. The molecule has 0 aliphatic carbocycles. The molecule has 2 aromatic rings. The van der Waals surface area contributed by atoms with Crippen molar-refractivity contribution >= 4 is 29.1 Å². The van der Waals surface area contributed by atoms with Crippen molar-refractivity contribution in [1.82, 2.24) is 4.90 Å². The molecule has 2 amide bonds. The Morgan fingerprint density at radius 1 is 1.12 bits per heavy atom. The molecule has 0 fully saturated rings. The molecule has 3 rings (SSSR count). The zero-order valence-corrected chi connectivity index (χ0v) is 15.1. The first-order valence-electron chi connectivity index (χ1n) is 8.21. The molecule has 0 bridgehead atoms. The molecular formula is C19H19ClN2O4. The first-order chi connectivity index (χ1) is 12.5. The summed E-state index contributed by atoms with van der Waals surface area (Å²) in [5, 5.41) is 3.45. The molecule has 1 N–H and O–H groups in total. The Hall–Kier alpha value is -2.73. The Kier molecular flexibility index (Phi) is 5.63. The van der Waals surface area contributed by atoms with Crippen LogP contribution in [0.4, 0.5) is 5.69 Å². The van der Waals surface area contributed by atoms with Crippen molar-refractivity contribution in [1.29, 1.82) is 0 Å². The van der Waals surface area contributed by atoms with Gasteiger partial charge in [0, 0.05) is 43.2 Å². The number of nitrogens with zero attached hydrogens (tertiary/aromatic N) is 1. The number of hydrogen-bond acceptors (Lipinski definition) is 4. The van der Waals surface area contributed by atoms with Crippen LogP contribution in [0.3, 0.4) is 0 Å². The lowest BCUT2D eigenvalue weighted by atomic mass is 10.2. The SMILES string of the molecule is CC(=O)N(CCC(=O)Nc1ccc2c(c1)OCO2)Cc1ccc(Cl)cc1. The lowest BCUT2D eigenvalue weighted by Crippen LogP contribution is -2.31. The molecule has 7 heteroatoms. The molecule has 0 aromatic heterocycles. The van der Waals surface area contributed by atoms with E-state index in [2.05, 4.69) is 5.32 Å². The van der Waals surface area contributed by atoms with Crippen LogP contribution in [0, 0.1) is 0 Å². The summed E-state index contributed by atoms with van der Waals surface area (Å²) in [5.41, 5.74) is 1.59. The summed E-state index contributed by atoms with van der Waals surface area (Å²) in [5.74, 6) is 1.01. The number of halogens is 1. The monoisotopic (exact) mass is 374 g/mol. The van der Waals surface area contributed by atoms with Gasteiger partial charge in [0.1, 0.15) is 0 Å². The molecule has 2 aromatic carbocycles. The van der Waals surface area contributed by atoms with Gasteiger partial charge in [-0.25, -0.2) is 0 Å². The Balaban J connectivity index is 1.54. The lowest BCUT2D eigenvalue weighted by Gasteiger charge is -2.21. The Morgan fingerprint density at radius 3 is 2.58 bits per heavy atom. The van der Waals surface area contributed by atoms with Gasteiger partial charge in [0.15, 0.2) is 11.5 Å². The van der Waals surface area contributed by atoms with Gasteiger partial charge in [0.25, 0.3) is 0 Å². The van der Waals surface area contributed by atoms with Crippen molar-refractivity contribution < 1.29 is 19.1 Å². The molecule has 0 radical (unpaired) electrons. The maximum absolute atomic E-state index is 12.2. The van der Waals surface area contributed by atoms with Crippen molar-refractivity contribution in [2.75, 3.05) is 18.7 Å². The zero-order valence-electron chi connectivity index (χ0n) is 14.3. The van der Waals surface area contributed by atoms with E-state index in [1.807, 2.05) is 12.1 Å². The van der Waals surface area contributed by atoms with Crippen LogP contribution in [0.15, 0.2) is 42.5 Å². The number of rotatable bonds is 6. The van der Waals surface area contributed by atoms with Crippen molar-refractivity contribution in [3.63, 3.8) is 0 Å². The fourth-order valence-corrected chi connectivity index (χ4v) is 2.72. The molecule has 1 aliphatic rings. The maximum Gasteiger partial charge on any atom is 0.231 e. The Labute approximate surface area is 156 Å². The van der Waals surface area contributed by atoms with E-state index < -0.39 is 0 Å². The van der Waals surface area contributed by atoms with Crippen molar-refractivity contribution in [2.45, 2.75) is 19.9 Å². The van der Waals surface area contributed by atoms with Crippen LogP contribution in [0.2, 0.25) is 5.02 Å². The van der Waals surface area contributed by atoms with E-state index in [0.29, 0.717) is 35.3 Å². The number of nitrogens with one attached hydrogen (secondary N) is 1. The molecule has 0 saturated heterocycles. The molecule has 136 valence electrons. The molecule has 0 unspecified atom stereocenters. The van der Waals surface area contributed by atoms with Crippen LogP contribution >= 0.6 is 11.6 Å². The summed E-state index contributed by atoms with van der Waals surface area (Å²) in [4.78, 5) is 25.7. The highest BCUT2D eigenvalue weighted by Crippen LogP contribution is 2.34. The normalized spacial score (nSPS) is 11.9. The number of benzene rings is 2. The summed E-state index contributed by atoms with van der Waals surface area (Å²) >= 11 is 5.88. The molecule has 0 saturated carbocycles. The summed E-state index contributed by atoms with van der Waals surface area (Å²) in [6.45, 7) is 2.44. The number of anilines is 1. The first-order valence-corrected chi connectivity index (χ1v) is 8.58.